The first-order valence-electron chi connectivity index (χ1n) is 16.4. The third-order valence-corrected chi connectivity index (χ3v) is 24.5. The highest BCUT2D eigenvalue weighted by Crippen LogP contribution is 2.47. The van der Waals surface area contributed by atoms with Crippen molar-refractivity contribution in [3.8, 4) is 0 Å². The third-order valence-electron chi connectivity index (χ3n) is 11.1. The largest absolute Gasteiger partial charge is 0.414 e. The molecule has 0 aromatic heterocycles. The van der Waals surface area contributed by atoms with Crippen molar-refractivity contribution in [3.05, 3.63) is 35.4 Å². The Bertz CT molecular complexity index is 1110. The Hall–Kier alpha value is -0.819. The zero-order chi connectivity index (χ0) is 32.8. The number of ether oxygens (including phenoxy) is 1. The number of hydrogen-bond donors (Lipinski definition) is 0. The maximum atomic E-state index is 13.4. The topological polar surface area (TPSA) is 57.2 Å². The summed E-state index contributed by atoms with van der Waals surface area (Å²) < 4.78 is 28.4. The van der Waals surface area contributed by atoms with E-state index in [2.05, 4.69) is 108 Å². The summed E-state index contributed by atoms with van der Waals surface area (Å²) in [6, 6.07) is 8.06. The number of rotatable bonds is 9. The van der Waals surface area contributed by atoms with Gasteiger partial charge in [-0.15, -0.1) is 0 Å². The van der Waals surface area contributed by atoms with Gasteiger partial charge in [0, 0.05) is 18.7 Å². The molecule has 246 valence electrons. The number of nitrogens with zero attached hydrogens (tertiary/aromatic N) is 1. The number of likely N-dealkylation sites (tertiary alicyclic amines) is 1. The number of carbonyl (C=O) groups is 1. The van der Waals surface area contributed by atoms with Crippen LogP contribution in [-0.2, 0) is 18.0 Å². The fraction of sp³-hybridized carbons (Fsp3) is 0.794. The fourth-order valence-electron chi connectivity index (χ4n) is 4.89. The van der Waals surface area contributed by atoms with Crippen LogP contribution in [0.4, 0.5) is 0 Å². The third kappa shape index (κ3) is 8.32. The van der Waals surface area contributed by atoms with E-state index in [1.165, 1.54) is 0 Å². The van der Waals surface area contributed by atoms with Crippen LogP contribution in [0.5, 0.6) is 0 Å². The van der Waals surface area contributed by atoms with E-state index < -0.39 is 25.0 Å². The summed E-state index contributed by atoms with van der Waals surface area (Å²) in [7, 11) is -6.49. The van der Waals surface area contributed by atoms with Crippen LogP contribution in [0.2, 0.25) is 54.4 Å². The van der Waals surface area contributed by atoms with Crippen molar-refractivity contribution in [1.29, 1.82) is 0 Å². The number of benzene rings is 1. The average molecular weight is 650 g/mol. The smallest absolute Gasteiger partial charge is 0.253 e. The molecule has 3 rings (SSSR count). The molecule has 0 aliphatic carbocycles. The molecule has 9 heteroatoms. The van der Waals surface area contributed by atoms with Crippen LogP contribution in [0.3, 0.4) is 0 Å². The molecule has 1 amide bonds. The first-order chi connectivity index (χ1) is 19.4. The number of amides is 1. The predicted molar refractivity (Wildman–Crippen MR) is 186 cm³/mol. The summed E-state index contributed by atoms with van der Waals surface area (Å²) in [5, 5.41) is 0.129. The van der Waals surface area contributed by atoms with Crippen LogP contribution in [0.15, 0.2) is 24.3 Å². The van der Waals surface area contributed by atoms with Crippen LogP contribution in [-0.4, -0.2) is 73.8 Å². The molecule has 6 nitrogen and oxygen atoms in total. The number of carbonyl (C=O) groups excluding carboxylic acids is 1. The van der Waals surface area contributed by atoms with E-state index in [-0.39, 0.29) is 45.4 Å². The SMILES string of the molecule is CC(C)(C)[Si](C)(C)OC[C@H]1O[C@@H](c2cccc(C(=O)N3CCCC3)c2)[C@H](O[Si](C)(C)C(C)(C)C)[C@@H]1O[Si](C)(C)C(C)(C)C. The van der Waals surface area contributed by atoms with Crippen LogP contribution < -0.4 is 0 Å². The van der Waals surface area contributed by atoms with Gasteiger partial charge >= 0.3 is 0 Å². The summed E-state index contributed by atoms with van der Waals surface area (Å²) in [6.07, 6.45) is 0.927. The normalized spacial score (nSPS) is 24.6. The van der Waals surface area contributed by atoms with Gasteiger partial charge < -0.3 is 22.9 Å². The van der Waals surface area contributed by atoms with Crippen molar-refractivity contribution in [1.82, 2.24) is 4.90 Å². The molecule has 0 saturated carbocycles. The van der Waals surface area contributed by atoms with E-state index >= 15 is 0 Å². The van der Waals surface area contributed by atoms with Crippen LogP contribution in [0.1, 0.15) is 97.2 Å². The lowest BCUT2D eigenvalue weighted by atomic mass is 9.99. The zero-order valence-corrected chi connectivity index (χ0v) is 33.1. The Morgan fingerprint density at radius 3 is 1.77 bits per heavy atom. The molecule has 0 unspecified atom stereocenters. The first kappa shape index (κ1) is 36.6. The Labute approximate surface area is 267 Å². The van der Waals surface area contributed by atoms with Gasteiger partial charge in [-0.1, -0.05) is 74.4 Å². The molecule has 0 bridgehead atoms. The van der Waals surface area contributed by atoms with E-state index in [9.17, 15) is 4.79 Å². The van der Waals surface area contributed by atoms with Crippen LogP contribution in [0.25, 0.3) is 0 Å². The first-order valence-corrected chi connectivity index (χ1v) is 25.1. The van der Waals surface area contributed by atoms with Crippen molar-refractivity contribution in [2.75, 3.05) is 19.7 Å². The summed E-state index contributed by atoms with van der Waals surface area (Å²) >= 11 is 0. The van der Waals surface area contributed by atoms with E-state index in [4.69, 9.17) is 18.0 Å². The molecule has 43 heavy (non-hydrogen) atoms. The molecule has 2 saturated heterocycles. The van der Waals surface area contributed by atoms with Gasteiger partial charge in [-0.3, -0.25) is 4.79 Å². The van der Waals surface area contributed by atoms with Crippen molar-refractivity contribution in [3.63, 3.8) is 0 Å². The monoisotopic (exact) mass is 649 g/mol. The lowest BCUT2D eigenvalue weighted by Gasteiger charge is -2.44. The highest BCUT2D eigenvalue weighted by Gasteiger charge is 2.54. The summed E-state index contributed by atoms with van der Waals surface area (Å²) in [6.45, 7) is 36.4. The molecule has 2 fully saturated rings. The van der Waals surface area contributed by atoms with Crippen LogP contribution >= 0.6 is 0 Å². The van der Waals surface area contributed by atoms with Gasteiger partial charge in [0.1, 0.15) is 24.4 Å². The predicted octanol–water partition coefficient (Wildman–Crippen LogP) is 9.17. The minimum atomic E-state index is -2.24. The van der Waals surface area contributed by atoms with Gasteiger partial charge in [-0.2, -0.15) is 0 Å². The van der Waals surface area contributed by atoms with E-state index in [0.717, 1.165) is 37.1 Å². The van der Waals surface area contributed by atoms with Gasteiger partial charge in [0.15, 0.2) is 25.0 Å². The summed E-state index contributed by atoms with van der Waals surface area (Å²) in [5.74, 6) is 0.103. The zero-order valence-electron chi connectivity index (χ0n) is 30.1. The minimum absolute atomic E-state index is 0.0162. The molecule has 2 aliphatic heterocycles. The number of hydrogen-bond acceptors (Lipinski definition) is 5. The fourth-order valence-corrected chi connectivity index (χ4v) is 8.52. The lowest BCUT2D eigenvalue weighted by Crippen LogP contribution is -2.54. The Kier molecular flexibility index (Phi) is 10.9. The Morgan fingerprint density at radius 2 is 1.28 bits per heavy atom. The van der Waals surface area contributed by atoms with Gasteiger partial charge in [0.05, 0.1) is 6.61 Å². The van der Waals surface area contributed by atoms with Crippen molar-refractivity contribution >= 4 is 30.9 Å². The van der Waals surface area contributed by atoms with Crippen LogP contribution in [0, 0.1) is 0 Å². The Balaban J connectivity index is 2.09. The lowest BCUT2D eigenvalue weighted by molar-refractivity contribution is -0.0173. The average Bonchev–Trinajstić information content (AvgIpc) is 3.49. The summed E-state index contributed by atoms with van der Waals surface area (Å²) in [5.41, 5.74) is 1.70. The van der Waals surface area contributed by atoms with Gasteiger partial charge in [0.25, 0.3) is 5.91 Å². The highest BCUT2D eigenvalue weighted by atomic mass is 28.4. The molecule has 0 N–H and O–H groups in total. The van der Waals surface area contributed by atoms with Gasteiger partial charge in [-0.05, 0) is 84.9 Å². The highest BCUT2D eigenvalue weighted by molar-refractivity contribution is 6.75. The van der Waals surface area contributed by atoms with Crippen molar-refractivity contribution in [2.24, 2.45) is 0 Å². The standard InChI is InChI=1S/C34H63NO5Si3/c1-32(2,3)41(10,11)37-24-27-29(39-42(12,13)33(4,5)6)30(40-43(14,15)34(7,8)9)28(38-27)25-19-18-20-26(23-25)31(36)35-21-16-17-22-35/h18-20,23,27-30H,16-17,21-22,24H2,1-15H3/t27-,28+,29-,30+/m1/s1. The van der Waals surface area contributed by atoms with E-state index in [1.807, 2.05) is 23.1 Å². The molecule has 4 atom stereocenters. The minimum Gasteiger partial charge on any atom is -0.414 e. The molecular weight excluding hydrogens is 587 g/mol. The van der Waals surface area contributed by atoms with E-state index in [0.29, 0.717) is 6.61 Å². The molecule has 2 aliphatic rings. The molecule has 1 aromatic rings. The maximum Gasteiger partial charge on any atom is 0.253 e. The molecule has 0 radical (unpaired) electrons. The Morgan fingerprint density at radius 1 is 0.791 bits per heavy atom. The molecular formula is C34H63NO5Si3. The maximum absolute atomic E-state index is 13.4. The van der Waals surface area contributed by atoms with Gasteiger partial charge in [0.2, 0.25) is 0 Å². The van der Waals surface area contributed by atoms with E-state index in [1.54, 1.807) is 0 Å². The molecule has 2 heterocycles. The quantitative estimate of drug-likeness (QED) is 0.250. The molecule has 1 aromatic carbocycles. The second-order valence-electron chi connectivity index (χ2n) is 17.5. The summed E-state index contributed by atoms with van der Waals surface area (Å²) in [4.78, 5) is 15.4. The van der Waals surface area contributed by atoms with Crippen molar-refractivity contribution in [2.45, 2.75) is 154 Å². The second kappa shape index (κ2) is 12.8. The molecule has 0 spiro atoms. The van der Waals surface area contributed by atoms with Crippen molar-refractivity contribution < 1.29 is 22.8 Å². The van der Waals surface area contributed by atoms with Gasteiger partial charge in [-0.25, -0.2) is 0 Å². The second-order valence-corrected chi connectivity index (χ2v) is 31.8.